The van der Waals surface area contributed by atoms with Crippen LogP contribution < -0.4 is 5.73 Å². The van der Waals surface area contributed by atoms with E-state index < -0.39 is 0 Å². The molecule has 0 amide bonds. The van der Waals surface area contributed by atoms with Crippen LogP contribution in [0.25, 0.3) is 0 Å². The Labute approximate surface area is 92.9 Å². The summed E-state index contributed by atoms with van der Waals surface area (Å²) in [5, 5.41) is 0. The zero-order chi connectivity index (χ0) is 9.42. The van der Waals surface area contributed by atoms with Crippen molar-refractivity contribution in [1.82, 2.24) is 0 Å². The number of fused-ring (bicyclic) bond motifs is 1. The molecule has 0 aliphatic heterocycles. The van der Waals surface area contributed by atoms with Gasteiger partial charge in [0.15, 0.2) is 0 Å². The van der Waals surface area contributed by atoms with Gasteiger partial charge in [0.1, 0.15) is 0 Å². The van der Waals surface area contributed by atoms with Gasteiger partial charge in [-0.25, -0.2) is 0 Å². The van der Waals surface area contributed by atoms with E-state index in [4.69, 9.17) is 5.73 Å². The van der Waals surface area contributed by atoms with Crippen LogP contribution in [-0.2, 0) is 12.8 Å². The van der Waals surface area contributed by atoms with Gasteiger partial charge in [-0.2, -0.15) is 0 Å². The molecule has 2 N–H and O–H groups in total. The van der Waals surface area contributed by atoms with Crippen LogP contribution in [0.5, 0.6) is 0 Å². The Morgan fingerprint density at radius 2 is 2.15 bits per heavy atom. The normalized spacial score (nSPS) is 21.3. The van der Waals surface area contributed by atoms with E-state index in [1.807, 2.05) is 0 Å². The summed E-state index contributed by atoms with van der Waals surface area (Å²) in [4.78, 5) is 0. The van der Waals surface area contributed by atoms with Gasteiger partial charge in [-0.3, -0.25) is 0 Å². The summed E-state index contributed by atoms with van der Waals surface area (Å²) in [5.74, 6) is 0. The molecule has 1 nitrogen and oxygen atoms in total. The molecule has 13 heavy (non-hydrogen) atoms. The molecule has 1 aliphatic carbocycles. The fraction of sp³-hybridized carbons (Fsp3) is 0.455. The number of nitrogens with two attached hydrogens (primary N) is 1. The Morgan fingerprint density at radius 1 is 1.38 bits per heavy atom. The molecule has 0 saturated carbocycles. The molecule has 1 atom stereocenters. The lowest BCUT2D eigenvalue weighted by Gasteiger charge is -2.22. The van der Waals surface area contributed by atoms with Crippen molar-refractivity contribution in [2.45, 2.75) is 32.2 Å². The average molecular weight is 287 g/mol. The largest absolute Gasteiger partial charge is 0.327 e. The molecular formula is C11H14IN. The number of benzene rings is 1. The highest BCUT2D eigenvalue weighted by molar-refractivity contribution is 14.1. The smallest absolute Gasteiger partial charge is 0.0162 e. The summed E-state index contributed by atoms with van der Waals surface area (Å²) in [5.41, 5.74) is 10.3. The summed E-state index contributed by atoms with van der Waals surface area (Å²) in [6.07, 6.45) is 3.37. The Balaban J connectivity index is 2.43. The minimum Gasteiger partial charge on any atom is -0.327 e. The van der Waals surface area contributed by atoms with E-state index in [-0.39, 0.29) is 0 Å². The van der Waals surface area contributed by atoms with Crippen molar-refractivity contribution >= 4 is 22.6 Å². The molecule has 0 bridgehead atoms. The highest BCUT2D eigenvalue weighted by atomic mass is 127. The zero-order valence-electron chi connectivity index (χ0n) is 7.81. The summed E-state index contributed by atoms with van der Waals surface area (Å²) in [6.45, 7) is 2.18. The number of halogens is 1. The maximum absolute atomic E-state index is 5.94. The second kappa shape index (κ2) is 3.58. The maximum atomic E-state index is 5.94. The topological polar surface area (TPSA) is 26.0 Å². The van der Waals surface area contributed by atoms with Crippen LogP contribution in [0.1, 0.15) is 23.1 Å². The third-order valence-electron chi connectivity index (χ3n) is 2.75. The Morgan fingerprint density at radius 3 is 2.92 bits per heavy atom. The van der Waals surface area contributed by atoms with Crippen LogP contribution in [0.15, 0.2) is 12.1 Å². The molecule has 0 aromatic heterocycles. The van der Waals surface area contributed by atoms with Gasteiger partial charge in [-0.05, 0) is 71.5 Å². The molecule has 1 aromatic carbocycles. The lowest BCUT2D eigenvalue weighted by molar-refractivity contribution is 0.576. The molecule has 0 spiro atoms. The van der Waals surface area contributed by atoms with Crippen LogP contribution in [0.2, 0.25) is 0 Å². The quantitative estimate of drug-likeness (QED) is 0.729. The average Bonchev–Trinajstić information content (AvgIpc) is 2.08. The minimum absolute atomic E-state index is 0.381. The van der Waals surface area contributed by atoms with E-state index in [9.17, 15) is 0 Å². The van der Waals surface area contributed by atoms with Crippen molar-refractivity contribution in [1.29, 1.82) is 0 Å². The first-order valence-corrected chi connectivity index (χ1v) is 5.78. The molecule has 0 unspecified atom stereocenters. The standard InChI is InChI=1S/C11H14IN/c1-7-4-8-2-3-10(13)5-9(8)6-11(7)12/h4,6,10H,2-3,5,13H2,1H3/t10-/m0/s1. The van der Waals surface area contributed by atoms with Gasteiger partial charge in [-0.15, -0.1) is 0 Å². The van der Waals surface area contributed by atoms with E-state index in [0.717, 1.165) is 19.3 Å². The fourth-order valence-corrected chi connectivity index (χ4v) is 2.46. The van der Waals surface area contributed by atoms with Crippen LogP contribution >= 0.6 is 22.6 Å². The third-order valence-corrected chi connectivity index (χ3v) is 3.91. The molecule has 0 radical (unpaired) electrons. The SMILES string of the molecule is Cc1cc2c(cc1I)C[C@@H](N)CC2. The van der Waals surface area contributed by atoms with Crippen molar-refractivity contribution < 1.29 is 0 Å². The van der Waals surface area contributed by atoms with Crippen molar-refractivity contribution in [2.75, 3.05) is 0 Å². The van der Waals surface area contributed by atoms with Gasteiger partial charge in [-0.1, -0.05) is 6.07 Å². The van der Waals surface area contributed by atoms with Gasteiger partial charge in [0.2, 0.25) is 0 Å². The van der Waals surface area contributed by atoms with Crippen molar-refractivity contribution in [3.63, 3.8) is 0 Å². The predicted octanol–water partition coefficient (Wildman–Crippen LogP) is 2.42. The molecule has 1 aliphatic rings. The van der Waals surface area contributed by atoms with E-state index >= 15 is 0 Å². The van der Waals surface area contributed by atoms with Crippen LogP contribution in [0.4, 0.5) is 0 Å². The van der Waals surface area contributed by atoms with Gasteiger partial charge in [0.25, 0.3) is 0 Å². The van der Waals surface area contributed by atoms with Crippen molar-refractivity contribution in [3.05, 3.63) is 32.4 Å². The zero-order valence-corrected chi connectivity index (χ0v) is 9.97. The summed E-state index contributed by atoms with van der Waals surface area (Å²) < 4.78 is 1.37. The Bertz CT molecular complexity index is 333. The molecule has 1 aromatic rings. The first-order valence-electron chi connectivity index (χ1n) is 4.70. The molecule has 0 saturated heterocycles. The van der Waals surface area contributed by atoms with Gasteiger partial charge >= 0.3 is 0 Å². The van der Waals surface area contributed by atoms with Gasteiger partial charge in [0.05, 0.1) is 0 Å². The first kappa shape index (κ1) is 9.46. The van der Waals surface area contributed by atoms with E-state index in [0.29, 0.717) is 6.04 Å². The number of rotatable bonds is 0. The molecule has 0 fully saturated rings. The van der Waals surface area contributed by atoms with E-state index in [1.54, 1.807) is 0 Å². The lowest BCUT2D eigenvalue weighted by Crippen LogP contribution is -2.27. The van der Waals surface area contributed by atoms with Gasteiger partial charge in [0, 0.05) is 9.61 Å². The second-order valence-electron chi connectivity index (χ2n) is 3.87. The van der Waals surface area contributed by atoms with E-state index in [2.05, 4.69) is 41.6 Å². The molecule has 2 heteroatoms. The molecule has 0 heterocycles. The summed E-state index contributed by atoms with van der Waals surface area (Å²) >= 11 is 2.40. The summed E-state index contributed by atoms with van der Waals surface area (Å²) in [6, 6.07) is 5.00. The van der Waals surface area contributed by atoms with Crippen LogP contribution in [0.3, 0.4) is 0 Å². The third kappa shape index (κ3) is 1.89. The highest BCUT2D eigenvalue weighted by Gasteiger charge is 2.15. The number of aryl methyl sites for hydroxylation is 2. The minimum atomic E-state index is 0.381. The van der Waals surface area contributed by atoms with Crippen molar-refractivity contribution in [3.8, 4) is 0 Å². The number of hydrogen-bond donors (Lipinski definition) is 1. The van der Waals surface area contributed by atoms with Crippen molar-refractivity contribution in [2.24, 2.45) is 5.73 Å². The van der Waals surface area contributed by atoms with Crippen LogP contribution in [0, 0.1) is 10.5 Å². The molecule has 70 valence electrons. The molecule has 2 rings (SSSR count). The van der Waals surface area contributed by atoms with E-state index in [1.165, 1.54) is 20.3 Å². The number of hydrogen-bond acceptors (Lipinski definition) is 1. The molecular weight excluding hydrogens is 273 g/mol. The highest BCUT2D eigenvalue weighted by Crippen LogP contribution is 2.24. The fourth-order valence-electron chi connectivity index (χ4n) is 1.93. The lowest BCUT2D eigenvalue weighted by atomic mass is 9.88. The predicted molar refractivity (Wildman–Crippen MR) is 63.9 cm³/mol. The Hall–Kier alpha value is -0.0900. The summed E-state index contributed by atoms with van der Waals surface area (Å²) in [7, 11) is 0. The second-order valence-corrected chi connectivity index (χ2v) is 5.04. The van der Waals surface area contributed by atoms with Crippen LogP contribution in [-0.4, -0.2) is 6.04 Å². The first-order chi connectivity index (χ1) is 6.16. The van der Waals surface area contributed by atoms with Gasteiger partial charge < -0.3 is 5.73 Å². The Kier molecular flexibility index (Phi) is 2.60. The monoisotopic (exact) mass is 287 g/mol. The maximum Gasteiger partial charge on any atom is 0.0162 e.